The number of hydrogen-bond donors (Lipinski definition) is 3. The number of carbonyl (C=O) groups excluding carboxylic acids is 2. The van der Waals surface area contributed by atoms with Crippen LogP contribution in [0.4, 0.5) is 16.2 Å². The summed E-state index contributed by atoms with van der Waals surface area (Å²) in [5, 5.41) is 10.0. The van der Waals surface area contributed by atoms with Crippen LogP contribution in [0.2, 0.25) is 0 Å². The minimum Gasteiger partial charge on any atom is -0.457 e. The zero-order chi connectivity index (χ0) is 26.2. The van der Waals surface area contributed by atoms with Crippen LogP contribution < -0.4 is 25.6 Å². The van der Waals surface area contributed by atoms with Crippen LogP contribution in [0, 0.1) is 6.92 Å². The van der Waals surface area contributed by atoms with E-state index in [4.69, 9.17) is 4.74 Å². The number of hydrogen-bond acceptors (Lipinski definition) is 6. The number of anilines is 2. The van der Waals surface area contributed by atoms with Crippen LogP contribution in [0.15, 0.2) is 65.8 Å². The smallest absolute Gasteiger partial charge is 0.327 e. The van der Waals surface area contributed by atoms with Gasteiger partial charge in [0.15, 0.2) is 0 Å². The molecule has 6 rings (SSSR count). The molecule has 3 aromatic rings. The van der Waals surface area contributed by atoms with Crippen LogP contribution in [0.1, 0.15) is 42.9 Å². The van der Waals surface area contributed by atoms with Gasteiger partial charge in [-0.2, -0.15) is 0 Å². The van der Waals surface area contributed by atoms with Crippen molar-refractivity contribution in [3.05, 3.63) is 71.9 Å². The van der Waals surface area contributed by atoms with E-state index in [1.54, 1.807) is 11.1 Å². The van der Waals surface area contributed by atoms with Gasteiger partial charge in [0.1, 0.15) is 21.8 Å². The van der Waals surface area contributed by atoms with Gasteiger partial charge in [-0.3, -0.25) is 9.69 Å². The fourth-order valence-corrected chi connectivity index (χ4v) is 6.88. The Kier molecular flexibility index (Phi) is 6.71. The minimum atomic E-state index is -0.450. The zero-order valence-corrected chi connectivity index (χ0v) is 22.3. The Bertz CT molecular complexity index is 1360. The van der Waals surface area contributed by atoms with Crippen molar-refractivity contribution in [2.75, 3.05) is 11.9 Å². The van der Waals surface area contributed by atoms with Gasteiger partial charge >= 0.3 is 6.03 Å². The Morgan fingerprint density at radius 2 is 1.79 bits per heavy atom. The molecule has 2 aromatic carbocycles. The molecule has 0 spiro atoms. The third kappa shape index (κ3) is 4.61. The molecule has 1 aromatic heterocycles. The van der Waals surface area contributed by atoms with Gasteiger partial charge in [0.05, 0.1) is 17.4 Å². The average Bonchev–Trinajstić information content (AvgIpc) is 3.30. The second-order valence-electron chi connectivity index (χ2n) is 10.1. The number of ether oxygens (including phenoxy) is 1. The molecule has 3 amide bonds. The molecule has 2 unspecified atom stereocenters. The number of thioether (sulfide) groups is 1. The minimum absolute atomic E-state index is 0.0378. The van der Waals surface area contributed by atoms with Gasteiger partial charge in [0.25, 0.3) is 0 Å². The van der Waals surface area contributed by atoms with Crippen molar-refractivity contribution in [2.45, 2.75) is 61.0 Å². The Labute approximate surface area is 226 Å². The molecule has 1 aliphatic carbocycles. The highest BCUT2D eigenvalue weighted by Crippen LogP contribution is 2.51. The van der Waals surface area contributed by atoms with E-state index in [2.05, 4.69) is 20.9 Å². The lowest BCUT2D eigenvalue weighted by molar-refractivity contribution is -0.121. The molecule has 3 aliphatic rings. The monoisotopic (exact) mass is 529 g/mol. The second kappa shape index (κ2) is 10.3. The van der Waals surface area contributed by atoms with E-state index in [9.17, 15) is 9.59 Å². The Balaban J connectivity index is 1.23. The third-order valence-corrected chi connectivity index (χ3v) is 8.92. The highest BCUT2D eigenvalue weighted by molar-refractivity contribution is 8.01. The topological polar surface area (TPSA) is 95.6 Å². The lowest BCUT2D eigenvalue weighted by Gasteiger charge is -2.35. The number of benzene rings is 2. The summed E-state index contributed by atoms with van der Waals surface area (Å²) in [5.74, 6) is 1.41. The summed E-state index contributed by atoms with van der Waals surface area (Å²) in [4.78, 5) is 33.1. The average molecular weight is 530 g/mol. The zero-order valence-electron chi connectivity index (χ0n) is 21.4. The van der Waals surface area contributed by atoms with E-state index in [0.717, 1.165) is 59.0 Å². The Hall–Kier alpha value is -3.56. The SMILES string of the molecule is CNC1CCC(NC(=O)C2Sc3nccc4c3C2NC(=O)N4c2ccc(Oc3ccccc3)cc2C)CC1. The maximum atomic E-state index is 13.5. The second-order valence-corrected chi connectivity index (χ2v) is 11.2. The van der Waals surface area contributed by atoms with E-state index in [-0.39, 0.29) is 18.0 Å². The van der Waals surface area contributed by atoms with E-state index >= 15 is 0 Å². The van der Waals surface area contributed by atoms with Gasteiger partial charge in [0, 0.05) is 23.8 Å². The molecule has 196 valence electrons. The number of amides is 3. The third-order valence-electron chi connectivity index (χ3n) is 7.63. The van der Waals surface area contributed by atoms with Crippen molar-refractivity contribution in [1.29, 1.82) is 0 Å². The molecule has 1 saturated carbocycles. The maximum Gasteiger partial charge on any atom is 0.327 e. The van der Waals surface area contributed by atoms with E-state index in [0.29, 0.717) is 11.8 Å². The summed E-state index contributed by atoms with van der Waals surface area (Å²) in [6.45, 7) is 1.96. The quantitative estimate of drug-likeness (QED) is 0.406. The highest BCUT2D eigenvalue weighted by atomic mass is 32.2. The maximum absolute atomic E-state index is 13.5. The first-order valence-electron chi connectivity index (χ1n) is 13.1. The number of carbonyl (C=O) groups is 2. The molecule has 8 nitrogen and oxygen atoms in total. The molecule has 3 heterocycles. The van der Waals surface area contributed by atoms with Crippen molar-refractivity contribution < 1.29 is 14.3 Å². The van der Waals surface area contributed by atoms with Gasteiger partial charge in [-0.25, -0.2) is 9.78 Å². The van der Waals surface area contributed by atoms with Gasteiger partial charge in [-0.1, -0.05) is 30.0 Å². The van der Waals surface area contributed by atoms with Crippen molar-refractivity contribution >= 4 is 35.1 Å². The van der Waals surface area contributed by atoms with Crippen LogP contribution in [0.5, 0.6) is 11.5 Å². The molecule has 38 heavy (non-hydrogen) atoms. The summed E-state index contributed by atoms with van der Waals surface area (Å²) in [7, 11) is 1.99. The van der Waals surface area contributed by atoms with E-state index < -0.39 is 11.3 Å². The van der Waals surface area contributed by atoms with Crippen molar-refractivity contribution in [3.63, 3.8) is 0 Å². The molecule has 1 fully saturated rings. The Morgan fingerprint density at radius 1 is 1.03 bits per heavy atom. The molecular weight excluding hydrogens is 498 g/mol. The normalized spacial score (nSPS) is 23.9. The molecule has 0 saturated heterocycles. The largest absolute Gasteiger partial charge is 0.457 e. The summed E-state index contributed by atoms with van der Waals surface area (Å²) >= 11 is 1.44. The lowest BCUT2D eigenvalue weighted by Crippen LogP contribution is -2.51. The molecule has 2 aliphatic heterocycles. The molecule has 3 N–H and O–H groups in total. The van der Waals surface area contributed by atoms with Gasteiger partial charge in [0.2, 0.25) is 5.91 Å². The summed E-state index contributed by atoms with van der Waals surface area (Å²) < 4.78 is 5.98. The number of aromatic nitrogens is 1. The van der Waals surface area contributed by atoms with Crippen LogP contribution in [0.3, 0.4) is 0 Å². The summed E-state index contributed by atoms with van der Waals surface area (Å²) in [5.41, 5.74) is 3.32. The van der Waals surface area contributed by atoms with Gasteiger partial charge < -0.3 is 20.7 Å². The molecule has 2 atom stereocenters. The predicted molar refractivity (Wildman–Crippen MR) is 148 cm³/mol. The summed E-state index contributed by atoms with van der Waals surface area (Å²) in [6.07, 6.45) is 5.73. The number of nitrogens with one attached hydrogen (secondary N) is 3. The first-order valence-corrected chi connectivity index (χ1v) is 14.0. The number of nitrogens with zero attached hydrogens (tertiary/aromatic N) is 2. The van der Waals surface area contributed by atoms with Crippen molar-refractivity contribution in [1.82, 2.24) is 20.9 Å². The fraction of sp³-hybridized carbons (Fsp3) is 0.345. The first-order chi connectivity index (χ1) is 18.5. The Morgan fingerprint density at radius 3 is 2.53 bits per heavy atom. The van der Waals surface area contributed by atoms with Crippen molar-refractivity contribution in [2.24, 2.45) is 0 Å². The molecule has 9 heteroatoms. The lowest BCUT2D eigenvalue weighted by atomic mass is 9.91. The van der Waals surface area contributed by atoms with Crippen LogP contribution in [0.25, 0.3) is 0 Å². The number of urea groups is 1. The molecule has 0 bridgehead atoms. The van der Waals surface area contributed by atoms with Crippen molar-refractivity contribution in [3.8, 4) is 11.5 Å². The van der Waals surface area contributed by atoms with Gasteiger partial charge in [-0.15, -0.1) is 0 Å². The fourth-order valence-electron chi connectivity index (χ4n) is 5.64. The standard InChI is InChI=1S/C29H31N5O3S/c1-17-16-21(37-20-6-4-3-5-7-20)12-13-22(17)34-23-14-15-31-28-24(23)25(33-29(34)36)26(38-28)27(35)32-19-10-8-18(30-2)9-11-19/h3-7,12-16,18-19,25-26,30H,8-11H2,1-2H3,(H,32,35)(H,33,36). The first kappa shape index (κ1) is 24.8. The van der Waals surface area contributed by atoms with E-state index in [1.165, 1.54) is 11.8 Å². The van der Waals surface area contributed by atoms with Crippen LogP contribution in [-0.4, -0.2) is 41.3 Å². The molecule has 0 radical (unpaired) electrons. The highest BCUT2D eigenvalue weighted by Gasteiger charge is 2.47. The number of pyridine rings is 1. The van der Waals surface area contributed by atoms with Crippen LogP contribution >= 0.6 is 11.8 Å². The van der Waals surface area contributed by atoms with E-state index in [1.807, 2.05) is 68.6 Å². The van der Waals surface area contributed by atoms with Gasteiger partial charge in [-0.05, 0) is 81.6 Å². The molecular formula is C29H31N5O3S. The number of para-hydroxylation sites is 1. The number of aryl methyl sites for hydroxylation is 1. The van der Waals surface area contributed by atoms with Crippen LogP contribution in [-0.2, 0) is 4.79 Å². The summed E-state index contributed by atoms with van der Waals surface area (Å²) in [6, 6.07) is 17.2. The number of rotatable bonds is 6. The predicted octanol–water partition coefficient (Wildman–Crippen LogP) is 5.21.